The van der Waals surface area contributed by atoms with Crippen LogP contribution >= 0.6 is 11.3 Å². The van der Waals surface area contributed by atoms with E-state index in [-0.39, 0.29) is 17.0 Å². The number of nitrogens with zero attached hydrogens (tertiary/aromatic N) is 3. The Morgan fingerprint density at radius 3 is 2.76 bits per heavy atom. The molecule has 1 aliphatic rings. The van der Waals surface area contributed by atoms with Gasteiger partial charge in [0.1, 0.15) is 11.3 Å². The maximum Gasteiger partial charge on any atom is 0.227 e. The summed E-state index contributed by atoms with van der Waals surface area (Å²) in [6.07, 6.45) is 8.21. The first kappa shape index (κ1) is 21.9. The molecule has 1 aliphatic carbocycles. The topological polar surface area (TPSA) is 99.3 Å². The predicted molar refractivity (Wildman–Crippen MR) is 144 cm³/mol. The van der Waals surface area contributed by atoms with Gasteiger partial charge in [-0.25, -0.2) is 4.98 Å². The van der Waals surface area contributed by atoms with Crippen LogP contribution in [0.25, 0.3) is 54.9 Å². The maximum atomic E-state index is 13.7. The molecule has 7 nitrogen and oxygen atoms in total. The minimum atomic E-state index is -0.220. The minimum absolute atomic E-state index is 0.0647. The zero-order valence-electron chi connectivity index (χ0n) is 19.6. The third-order valence-electron chi connectivity index (χ3n) is 7.00. The summed E-state index contributed by atoms with van der Waals surface area (Å²) in [6, 6.07) is 15.2. The SMILES string of the molecule is O=C(Nc1cncc(-c2ccc3[nH]nc(-c4cc5c(-c6ccc(F)s6)ccnc5[nH]4)c3c2)c1)C1CCC1. The molecule has 0 atom stereocenters. The second-order valence-electron chi connectivity index (χ2n) is 9.32. The lowest BCUT2D eigenvalue weighted by Crippen LogP contribution is -2.28. The largest absolute Gasteiger partial charge is 0.338 e. The van der Waals surface area contributed by atoms with Crippen molar-refractivity contribution in [1.29, 1.82) is 0 Å². The number of fused-ring (bicyclic) bond motifs is 2. The summed E-state index contributed by atoms with van der Waals surface area (Å²) >= 11 is 1.11. The number of H-pyrrole nitrogens is 2. The minimum Gasteiger partial charge on any atom is -0.338 e. The number of benzene rings is 1. The molecule has 1 amide bonds. The number of hydrogen-bond donors (Lipinski definition) is 3. The van der Waals surface area contributed by atoms with Gasteiger partial charge in [-0.05, 0) is 60.9 Å². The first-order chi connectivity index (χ1) is 18.1. The molecule has 0 radical (unpaired) electrons. The average molecular weight is 509 g/mol. The van der Waals surface area contributed by atoms with Crippen LogP contribution in [0.4, 0.5) is 10.1 Å². The number of carbonyl (C=O) groups excluding carboxylic acids is 1. The Labute approximate surface area is 214 Å². The number of thiophene rings is 1. The van der Waals surface area contributed by atoms with Gasteiger partial charge in [-0.2, -0.15) is 9.49 Å². The van der Waals surface area contributed by atoms with E-state index >= 15 is 0 Å². The molecule has 7 rings (SSSR count). The molecule has 0 saturated heterocycles. The van der Waals surface area contributed by atoms with Crippen molar-refractivity contribution in [3.05, 3.63) is 72.3 Å². The second-order valence-corrected chi connectivity index (χ2v) is 10.4. The Morgan fingerprint density at radius 1 is 1.03 bits per heavy atom. The fraction of sp³-hybridized carbons (Fsp3) is 0.143. The number of hydrogen-bond acceptors (Lipinski definition) is 5. The number of aromatic amines is 2. The van der Waals surface area contributed by atoms with E-state index < -0.39 is 0 Å². The molecule has 5 heterocycles. The van der Waals surface area contributed by atoms with Crippen molar-refractivity contribution in [2.45, 2.75) is 19.3 Å². The van der Waals surface area contributed by atoms with Crippen LogP contribution in [0.5, 0.6) is 0 Å². The van der Waals surface area contributed by atoms with E-state index in [0.717, 1.165) is 79.8 Å². The highest BCUT2D eigenvalue weighted by atomic mass is 32.1. The molecule has 0 unspecified atom stereocenters. The van der Waals surface area contributed by atoms with Crippen LogP contribution in [-0.4, -0.2) is 31.1 Å². The molecule has 9 heteroatoms. The van der Waals surface area contributed by atoms with Crippen LogP contribution < -0.4 is 5.32 Å². The number of halogens is 1. The van der Waals surface area contributed by atoms with E-state index in [9.17, 15) is 9.18 Å². The van der Waals surface area contributed by atoms with Crippen LogP contribution in [0, 0.1) is 11.0 Å². The summed E-state index contributed by atoms with van der Waals surface area (Å²) in [5, 5.41) is 12.3. The van der Waals surface area contributed by atoms with Gasteiger partial charge in [0.05, 0.1) is 23.1 Å². The quantitative estimate of drug-likeness (QED) is 0.239. The number of amides is 1. The Kier molecular flexibility index (Phi) is 5.10. The van der Waals surface area contributed by atoms with E-state index in [1.54, 1.807) is 24.7 Å². The van der Waals surface area contributed by atoms with Crippen molar-refractivity contribution in [1.82, 2.24) is 25.1 Å². The zero-order valence-corrected chi connectivity index (χ0v) is 20.4. The van der Waals surface area contributed by atoms with E-state index in [4.69, 9.17) is 0 Å². The van der Waals surface area contributed by atoms with E-state index in [0.29, 0.717) is 11.3 Å². The first-order valence-corrected chi connectivity index (χ1v) is 12.9. The average Bonchev–Trinajstić information content (AvgIpc) is 3.60. The Morgan fingerprint density at radius 2 is 1.95 bits per heavy atom. The van der Waals surface area contributed by atoms with Crippen LogP contribution in [0.1, 0.15) is 19.3 Å². The van der Waals surface area contributed by atoms with Gasteiger partial charge in [0.15, 0.2) is 5.13 Å². The highest BCUT2D eigenvalue weighted by Crippen LogP contribution is 2.36. The molecule has 37 heavy (non-hydrogen) atoms. The lowest BCUT2D eigenvalue weighted by atomic mass is 9.85. The number of rotatable bonds is 5. The number of aromatic nitrogens is 5. The summed E-state index contributed by atoms with van der Waals surface area (Å²) < 4.78 is 13.7. The summed E-state index contributed by atoms with van der Waals surface area (Å²) in [5.41, 5.74) is 6.68. The fourth-order valence-electron chi connectivity index (χ4n) is 4.81. The first-order valence-electron chi connectivity index (χ1n) is 12.1. The summed E-state index contributed by atoms with van der Waals surface area (Å²) in [6.45, 7) is 0. The molecule has 0 spiro atoms. The van der Waals surface area contributed by atoms with Gasteiger partial charge in [-0.1, -0.05) is 12.5 Å². The Bertz CT molecular complexity index is 1800. The van der Waals surface area contributed by atoms with Crippen molar-refractivity contribution < 1.29 is 9.18 Å². The molecule has 1 aromatic carbocycles. The monoisotopic (exact) mass is 508 g/mol. The molecule has 3 N–H and O–H groups in total. The van der Waals surface area contributed by atoms with Gasteiger partial charge < -0.3 is 10.3 Å². The second kappa shape index (κ2) is 8.63. The third kappa shape index (κ3) is 3.88. The zero-order chi connectivity index (χ0) is 24.9. The summed E-state index contributed by atoms with van der Waals surface area (Å²) in [7, 11) is 0. The lowest BCUT2D eigenvalue weighted by Gasteiger charge is -2.24. The van der Waals surface area contributed by atoms with Gasteiger partial charge in [0.25, 0.3) is 0 Å². The predicted octanol–water partition coefficient (Wildman–Crippen LogP) is 6.77. The van der Waals surface area contributed by atoms with Crippen molar-refractivity contribution >= 4 is 44.9 Å². The molecule has 182 valence electrons. The lowest BCUT2D eigenvalue weighted by molar-refractivity contribution is -0.122. The van der Waals surface area contributed by atoms with Gasteiger partial charge >= 0.3 is 0 Å². The molecular formula is C28H21FN6OS. The Balaban J connectivity index is 1.26. The number of nitrogens with one attached hydrogen (secondary N) is 3. The van der Waals surface area contributed by atoms with Gasteiger partial charge in [-0.3, -0.25) is 14.9 Å². The smallest absolute Gasteiger partial charge is 0.227 e. The molecule has 0 aliphatic heterocycles. The number of pyridine rings is 2. The Hall–Kier alpha value is -4.37. The standard InChI is InChI=1S/C28H21FN6OS/c29-25-7-6-24(37-25)19-8-9-31-27-20(19)12-23(33-27)26-21-11-16(4-5-22(21)34-35-26)17-10-18(14-30-13-17)32-28(36)15-2-1-3-15/h4-15H,1-3H2,(H,31,33)(H,32,36)(H,34,35). The molecule has 1 saturated carbocycles. The third-order valence-corrected chi connectivity index (χ3v) is 7.91. The molecular weight excluding hydrogens is 487 g/mol. The van der Waals surface area contributed by atoms with Crippen LogP contribution in [0.3, 0.4) is 0 Å². The van der Waals surface area contributed by atoms with Gasteiger partial charge in [0.2, 0.25) is 5.91 Å². The van der Waals surface area contributed by atoms with Crippen molar-refractivity contribution in [2.75, 3.05) is 5.32 Å². The molecule has 1 fully saturated rings. The number of carbonyl (C=O) groups is 1. The van der Waals surface area contributed by atoms with E-state index in [1.165, 1.54) is 6.07 Å². The fourth-order valence-corrected chi connectivity index (χ4v) is 5.58. The van der Waals surface area contributed by atoms with Crippen LogP contribution in [-0.2, 0) is 4.79 Å². The van der Waals surface area contributed by atoms with Crippen molar-refractivity contribution in [3.63, 3.8) is 0 Å². The van der Waals surface area contributed by atoms with Gasteiger partial charge in [0, 0.05) is 45.1 Å². The highest BCUT2D eigenvalue weighted by Gasteiger charge is 2.25. The van der Waals surface area contributed by atoms with Crippen molar-refractivity contribution in [3.8, 4) is 33.0 Å². The molecule has 6 aromatic rings. The van der Waals surface area contributed by atoms with Gasteiger partial charge in [-0.15, -0.1) is 11.3 Å². The van der Waals surface area contributed by atoms with E-state index in [2.05, 4.69) is 36.5 Å². The number of anilines is 1. The van der Waals surface area contributed by atoms with Crippen molar-refractivity contribution in [2.24, 2.45) is 5.92 Å². The summed E-state index contributed by atoms with van der Waals surface area (Å²) in [4.78, 5) is 25.5. The molecule has 5 aromatic heterocycles. The highest BCUT2D eigenvalue weighted by molar-refractivity contribution is 7.14. The van der Waals surface area contributed by atoms with Crippen LogP contribution in [0.15, 0.2) is 67.1 Å². The maximum absolute atomic E-state index is 13.7. The van der Waals surface area contributed by atoms with E-state index in [1.807, 2.05) is 30.3 Å². The molecule has 0 bridgehead atoms. The normalized spacial score (nSPS) is 13.8. The van der Waals surface area contributed by atoms with Crippen LogP contribution in [0.2, 0.25) is 0 Å². The summed E-state index contributed by atoms with van der Waals surface area (Å²) in [5.74, 6) is 0.175.